The molecular formula is C15H16N2O4. The maximum absolute atomic E-state index is 11.0. The normalized spacial score (nSPS) is 13.0. The first-order valence-electron chi connectivity index (χ1n) is 6.71. The minimum Gasteiger partial charge on any atom is -0.496 e. The number of hydrogen-bond donors (Lipinski definition) is 2. The van der Waals surface area contributed by atoms with Crippen LogP contribution in [0.15, 0.2) is 12.1 Å². The number of fused-ring (bicyclic) bond motifs is 1. The molecule has 0 unspecified atom stereocenters. The number of hydrogen-bond acceptors (Lipinski definition) is 4. The molecule has 0 amide bonds. The van der Waals surface area contributed by atoms with Gasteiger partial charge < -0.3 is 14.6 Å². The van der Waals surface area contributed by atoms with Gasteiger partial charge in [0.05, 0.1) is 19.9 Å². The number of carboxylic acids is 1. The molecule has 6 heteroatoms. The van der Waals surface area contributed by atoms with Gasteiger partial charge in [-0.05, 0) is 31.4 Å². The zero-order valence-corrected chi connectivity index (χ0v) is 11.9. The van der Waals surface area contributed by atoms with Crippen molar-refractivity contribution in [3.8, 4) is 22.8 Å². The molecule has 0 radical (unpaired) electrons. The highest BCUT2D eigenvalue weighted by Crippen LogP contribution is 2.43. The third kappa shape index (κ3) is 2.12. The fourth-order valence-corrected chi connectivity index (χ4v) is 2.89. The molecule has 1 aliphatic carbocycles. The quantitative estimate of drug-likeness (QED) is 0.901. The molecule has 1 heterocycles. The van der Waals surface area contributed by atoms with Crippen LogP contribution in [-0.4, -0.2) is 35.5 Å². The summed E-state index contributed by atoms with van der Waals surface area (Å²) in [6, 6.07) is 3.37. The Morgan fingerprint density at radius 1 is 1.24 bits per heavy atom. The van der Waals surface area contributed by atoms with Gasteiger partial charge >= 0.3 is 5.97 Å². The lowest BCUT2D eigenvalue weighted by Crippen LogP contribution is -1.98. The van der Waals surface area contributed by atoms with Crippen LogP contribution in [0.3, 0.4) is 0 Å². The van der Waals surface area contributed by atoms with Gasteiger partial charge in [-0.3, -0.25) is 5.10 Å². The van der Waals surface area contributed by atoms with Crippen LogP contribution >= 0.6 is 0 Å². The fraction of sp³-hybridized carbons (Fsp3) is 0.333. The second kappa shape index (κ2) is 5.12. The maximum atomic E-state index is 11.0. The van der Waals surface area contributed by atoms with Crippen molar-refractivity contribution in [2.75, 3.05) is 14.2 Å². The van der Waals surface area contributed by atoms with Gasteiger partial charge in [-0.15, -0.1) is 0 Å². The summed E-state index contributed by atoms with van der Waals surface area (Å²) in [7, 11) is 3.26. The van der Waals surface area contributed by atoms with E-state index in [2.05, 4.69) is 10.2 Å². The summed E-state index contributed by atoms with van der Waals surface area (Å²) in [6.07, 6.45) is 2.96. The zero-order chi connectivity index (χ0) is 15.0. The highest BCUT2D eigenvalue weighted by Gasteiger charge is 2.25. The van der Waals surface area contributed by atoms with Crippen LogP contribution in [0.1, 0.15) is 28.0 Å². The van der Waals surface area contributed by atoms with E-state index in [1.807, 2.05) is 6.07 Å². The molecule has 110 valence electrons. The molecular weight excluding hydrogens is 272 g/mol. The lowest BCUT2D eigenvalue weighted by Gasteiger charge is -2.15. The van der Waals surface area contributed by atoms with Crippen LogP contribution in [-0.2, 0) is 12.8 Å². The second-order valence-electron chi connectivity index (χ2n) is 4.94. The number of ether oxygens (including phenoxy) is 2. The smallest absolute Gasteiger partial charge is 0.353 e. The van der Waals surface area contributed by atoms with E-state index in [-0.39, 0.29) is 5.69 Å². The first-order valence-corrected chi connectivity index (χ1v) is 6.71. The Bertz CT molecular complexity index is 706. The van der Waals surface area contributed by atoms with E-state index in [1.165, 1.54) is 11.6 Å². The number of benzene rings is 1. The first-order chi connectivity index (χ1) is 10.2. The number of carbonyl (C=O) groups is 1. The van der Waals surface area contributed by atoms with Crippen molar-refractivity contribution in [2.24, 2.45) is 0 Å². The number of nitrogens with one attached hydrogen (secondary N) is 1. The van der Waals surface area contributed by atoms with Crippen molar-refractivity contribution in [3.63, 3.8) is 0 Å². The van der Waals surface area contributed by atoms with E-state index in [4.69, 9.17) is 14.6 Å². The lowest BCUT2D eigenvalue weighted by molar-refractivity contribution is 0.0690. The van der Waals surface area contributed by atoms with Gasteiger partial charge in [0.15, 0.2) is 0 Å². The van der Waals surface area contributed by atoms with E-state index >= 15 is 0 Å². The van der Waals surface area contributed by atoms with Crippen molar-refractivity contribution in [1.29, 1.82) is 0 Å². The van der Waals surface area contributed by atoms with Crippen LogP contribution in [0.4, 0.5) is 0 Å². The Kier molecular flexibility index (Phi) is 3.29. The molecule has 0 spiro atoms. The van der Waals surface area contributed by atoms with Crippen molar-refractivity contribution in [2.45, 2.75) is 19.3 Å². The molecule has 0 saturated heterocycles. The number of nitrogens with zero attached hydrogens (tertiary/aromatic N) is 1. The highest BCUT2D eigenvalue weighted by molar-refractivity contribution is 5.87. The Labute approximate surface area is 121 Å². The minimum atomic E-state index is -1.04. The number of aromatic amines is 1. The molecule has 0 saturated carbocycles. The van der Waals surface area contributed by atoms with Crippen LogP contribution < -0.4 is 9.47 Å². The molecule has 2 aromatic rings. The molecule has 6 nitrogen and oxygen atoms in total. The number of aromatic carboxylic acids is 1. The third-order valence-electron chi connectivity index (χ3n) is 3.82. The predicted molar refractivity (Wildman–Crippen MR) is 76.1 cm³/mol. The molecule has 21 heavy (non-hydrogen) atoms. The number of aromatic nitrogens is 2. The van der Waals surface area contributed by atoms with E-state index < -0.39 is 5.97 Å². The molecule has 0 fully saturated rings. The zero-order valence-electron chi connectivity index (χ0n) is 11.9. The number of carboxylic acid groups (broad SMARTS) is 1. The molecule has 0 atom stereocenters. The standard InChI is InChI=1S/C15H16N2O4/c1-20-13-6-10(11-7-12(15(18)19)17-16-11)14(21-2)9-5-3-4-8(9)13/h6-7H,3-5H2,1-2H3,(H,16,17)(H,18,19). The van der Waals surface area contributed by atoms with Crippen molar-refractivity contribution in [3.05, 3.63) is 29.0 Å². The molecule has 1 aliphatic rings. The number of H-pyrrole nitrogens is 1. The topological polar surface area (TPSA) is 84.4 Å². The largest absolute Gasteiger partial charge is 0.496 e. The SMILES string of the molecule is COc1cc(-c2cc(C(=O)O)[nH]n2)c(OC)c2c1CCC2. The van der Waals surface area contributed by atoms with Gasteiger partial charge in [-0.2, -0.15) is 5.10 Å². The fourth-order valence-electron chi connectivity index (χ4n) is 2.89. The molecule has 0 bridgehead atoms. The number of methoxy groups -OCH3 is 2. The van der Waals surface area contributed by atoms with Crippen molar-refractivity contribution < 1.29 is 19.4 Å². The highest BCUT2D eigenvalue weighted by atomic mass is 16.5. The first kappa shape index (κ1) is 13.5. The Morgan fingerprint density at radius 2 is 2.00 bits per heavy atom. The average Bonchev–Trinajstić information content (AvgIpc) is 3.14. The summed E-state index contributed by atoms with van der Waals surface area (Å²) in [6.45, 7) is 0. The van der Waals surface area contributed by atoms with E-state index in [0.717, 1.165) is 41.9 Å². The molecule has 0 aliphatic heterocycles. The summed E-state index contributed by atoms with van der Waals surface area (Å²) < 4.78 is 11.0. The van der Waals surface area contributed by atoms with Gasteiger partial charge in [-0.25, -0.2) is 4.79 Å². The lowest BCUT2D eigenvalue weighted by atomic mass is 10.0. The van der Waals surface area contributed by atoms with Crippen LogP contribution in [0.5, 0.6) is 11.5 Å². The molecule has 1 aromatic heterocycles. The summed E-state index contributed by atoms with van der Waals surface area (Å²) in [4.78, 5) is 11.0. The minimum absolute atomic E-state index is 0.0477. The maximum Gasteiger partial charge on any atom is 0.353 e. The van der Waals surface area contributed by atoms with Gasteiger partial charge in [0.25, 0.3) is 0 Å². The van der Waals surface area contributed by atoms with E-state index in [1.54, 1.807) is 14.2 Å². The van der Waals surface area contributed by atoms with Gasteiger partial charge in [0.2, 0.25) is 0 Å². The summed E-state index contributed by atoms with van der Waals surface area (Å²) in [5.74, 6) is 0.519. The predicted octanol–water partition coefficient (Wildman–Crippen LogP) is 2.28. The summed E-state index contributed by atoms with van der Waals surface area (Å²) >= 11 is 0. The van der Waals surface area contributed by atoms with E-state index in [9.17, 15) is 4.79 Å². The van der Waals surface area contributed by atoms with Gasteiger partial charge in [-0.1, -0.05) is 0 Å². The monoisotopic (exact) mass is 288 g/mol. The summed E-state index contributed by atoms with van der Waals surface area (Å²) in [5.41, 5.74) is 3.64. The molecule has 1 aromatic carbocycles. The van der Waals surface area contributed by atoms with Crippen molar-refractivity contribution in [1.82, 2.24) is 10.2 Å². The Balaban J connectivity index is 2.19. The Hall–Kier alpha value is -2.50. The van der Waals surface area contributed by atoms with Crippen molar-refractivity contribution >= 4 is 5.97 Å². The second-order valence-corrected chi connectivity index (χ2v) is 4.94. The average molecular weight is 288 g/mol. The number of rotatable bonds is 4. The van der Waals surface area contributed by atoms with Crippen LogP contribution in [0.2, 0.25) is 0 Å². The van der Waals surface area contributed by atoms with E-state index in [0.29, 0.717) is 5.69 Å². The molecule has 3 rings (SSSR count). The van der Waals surface area contributed by atoms with Gasteiger partial charge in [0.1, 0.15) is 17.2 Å². The Morgan fingerprint density at radius 3 is 2.62 bits per heavy atom. The third-order valence-corrected chi connectivity index (χ3v) is 3.82. The summed E-state index contributed by atoms with van der Waals surface area (Å²) in [5, 5.41) is 15.6. The van der Waals surface area contributed by atoms with Crippen LogP contribution in [0.25, 0.3) is 11.3 Å². The molecule has 2 N–H and O–H groups in total. The van der Waals surface area contributed by atoms with Crippen LogP contribution in [0, 0.1) is 0 Å². The van der Waals surface area contributed by atoms with Gasteiger partial charge in [0, 0.05) is 16.7 Å².